The zero-order chi connectivity index (χ0) is 11.7. The van der Waals surface area contributed by atoms with Crippen molar-refractivity contribution in [3.8, 4) is 0 Å². The van der Waals surface area contributed by atoms with Gasteiger partial charge in [-0.05, 0) is 19.9 Å². The molecule has 2 N–H and O–H groups in total. The van der Waals surface area contributed by atoms with Crippen LogP contribution < -0.4 is 10.0 Å². The maximum absolute atomic E-state index is 11.5. The molecule has 0 radical (unpaired) electrons. The summed E-state index contributed by atoms with van der Waals surface area (Å²) >= 11 is 0. The summed E-state index contributed by atoms with van der Waals surface area (Å²) in [5, 5.41) is 2.61. The molecule has 0 aliphatic rings. The first-order chi connectivity index (χ1) is 7.04. The summed E-state index contributed by atoms with van der Waals surface area (Å²) < 4.78 is 30.4. The van der Waals surface area contributed by atoms with Gasteiger partial charge in [-0.25, -0.2) is 13.1 Å². The van der Waals surface area contributed by atoms with Crippen molar-refractivity contribution in [2.45, 2.75) is 25.5 Å². The van der Waals surface area contributed by atoms with Crippen molar-refractivity contribution in [3.05, 3.63) is 0 Å². The monoisotopic (exact) mass is 238 g/mol. The molecule has 0 aliphatic carbocycles. The van der Waals surface area contributed by atoms with Crippen LogP contribution in [0.1, 0.15) is 20.3 Å². The molecule has 6 heteroatoms. The number of nitrogens with one attached hydrogen (secondary N) is 2. The van der Waals surface area contributed by atoms with Crippen LogP contribution in [0, 0.1) is 0 Å². The van der Waals surface area contributed by atoms with E-state index in [0.29, 0.717) is 13.1 Å². The molecule has 15 heavy (non-hydrogen) atoms. The van der Waals surface area contributed by atoms with Gasteiger partial charge in [-0.3, -0.25) is 0 Å². The van der Waals surface area contributed by atoms with Gasteiger partial charge in [-0.1, -0.05) is 6.92 Å². The minimum Gasteiger partial charge on any atom is -0.383 e. The summed E-state index contributed by atoms with van der Waals surface area (Å²) in [4.78, 5) is 0. The molecule has 0 saturated heterocycles. The maximum Gasteiger partial charge on any atom is 0.216 e. The van der Waals surface area contributed by atoms with E-state index in [1.807, 2.05) is 0 Å². The molecular formula is C9H22N2O3S. The van der Waals surface area contributed by atoms with Crippen molar-refractivity contribution in [3.63, 3.8) is 0 Å². The first kappa shape index (κ1) is 14.8. The Bertz CT molecular complexity index is 242. The predicted molar refractivity (Wildman–Crippen MR) is 61.4 cm³/mol. The lowest BCUT2D eigenvalue weighted by Gasteiger charge is -2.13. The van der Waals surface area contributed by atoms with Crippen LogP contribution in [0.15, 0.2) is 0 Å². The summed E-state index contributed by atoms with van der Waals surface area (Å²) in [6.45, 7) is 5.92. The Balaban J connectivity index is 3.74. The Morgan fingerprint density at radius 1 is 1.27 bits per heavy atom. The Morgan fingerprint density at radius 3 is 2.47 bits per heavy atom. The van der Waals surface area contributed by atoms with Crippen LogP contribution in [0.3, 0.4) is 0 Å². The summed E-state index contributed by atoms with van der Waals surface area (Å²) in [6, 6.07) is 0. The second kappa shape index (κ2) is 8.04. The number of rotatable bonds is 9. The number of hydrogen-bond donors (Lipinski definition) is 2. The van der Waals surface area contributed by atoms with Gasteiger partial charge in [0, 0.05) is 20.2 Å². The minimum absolute atomic E-state index is 0.220. The SMILES string of the molecule is CCCNCCNS(=O)(=O)C(C)COC. The van der Waals surface area contributed by atoms with Gasteiger partial charge in [-0.2, -0.15) is 0 Å². The van der Waals surface area contributed by atoms with Crippen LogP contribution in [-0.4, -0.2) is 47.0 Å². The molecule has 0 bridgehead atoms. The fourth-order valence-corrected chi connectivity index (χ4v) is 2.04. The molecule has 0 rings (SSSR count). The zero-order valence-corrected chi connectivity index (χ0v) is 10.6. The molecule has 0 aromatic rings. The summed E-state index contributed by atoms with van der Waals surface area (Å²) in [7, 11) is -1.73. The molecule has 0 fully saturated rings. The van der Waals surface area contributed by atoms with Gasteiger partial charge in [0.15, 0.2) is 0 Å². The average Bonchev–Trinajstić information content (AvgIpc) is 2.18. The van der Waals surface area contributed by atoms with E-state index >= 15 is 0 Å². The third-order valence-electron chi connectivity index (χ3n) is 1.96. The zero-order valence-electron chi connectivity index (χ0n) is 9.75. The molecule has 0 heterocycles. The molecule has 1 atom stereocenters. The third kappa shape index (κ3) is 6.83. The number of methoxy groups -OCH3 is 1. The van der Waals surface area contributed by atoms with Crippen molar-refractivity contribution < 1.29 is 13.2 Å². The standard InChI is InChI=1S/C9H22N2O3S/c1-4-5-10-6-7-11-15(12,13)9(2)8-14-3/h9-11H,4-8H2,1-3H3. The van der Waals surface area contributed by atoms with Crippen LogP contribution in [0.25, 0.3) is 0 Å². The van der Waals surface area contributed by atoms with E-state index < -0.39 is 15.3 Å². The highest BCUT2D eigenvalue weighted by molar-refractivity contribution is 7.90. The van der Waals surface area contributed by atoms with Gasteiger partial charge < -0.3 is 10.1 Å². The molecule has 92 valence electrons. The molecule has 0 amide bonds. The fourth-order valence-electron chi connectivity index (χ4n) is 1.05. The summed E-state index contributed by atoms with van der Waals surface area (Å²) in [6.07, 6.45) is 1.05. The minimum atomic E-state index is -3.22. The van der Waals surface area contributed by atoms with Crippen LogP contribution in [-0.2, 0) is 14.8 Å². The molecule has 1 unspecified atom stereocenters. The van der Waals surface area contributed by atoms with Gasteiger partial charge in [0.25, 0.3) is 0 Å². The van der Waals surface area contributed by atoms with Crippen LogP contribution >= 0.6 is 0 Å². The van der Waals surface area contributed by atoms with Crippen molar-refractivity contribution in [1.29, 1.82) is 0 Å². The Kier molecular flexibility index (Phi) is 7.95. The second-order valence-electron chi connectivity index (χ2n) is 3.46. The smallest absolute Gasteiger partial charge is 0.216 e. The molecular weight excluding hydrogens is 216 g/mol. The number of hydrogen-bond acceptors (Lipinski definition) is 4. The van der Waals surface area contributed by atoms with Crippen LogP contribution in [0.2, 0.25) is 0 Å². The molecule has 5 nitrogen and oxygen atoms in total. The first-order valence-corrected chi connectivity index (χ1v) is 6.77. The molecule has 0 aromatic heterocycles. The highest BCUT2D eigenvalue weighted by atomic mass is 32.2. The van der Waals surface area contributed by atoms with Crippen molar-refractivity contribution >= 4 is 10.0 Å². The van der Waals surface area contributed by atoms with Gasteiger partial charge >= 0.3 is 0 Å². The Hall–Kier alpha value is -0.170. The normalized spacial score (nSPS) is 14.1. The quantitative estimate of drug-likeness (QED) is 0.552. The lowest BCUT2D eigenvalue weighted by molar-refractivity contribution is 0.200. The van der Waals surface area contributed by atoms with Gasteiger partial charge in [0.05, 0.1) is 11.9 Å². The lowest BCUT2D eigenvalue weighted by atomic mass is 10.5. The van der Waals surface area contributed by atoms with Gasteiger partial charge in [0.2, 0.25) is 10.0 Å². The van der Waals surface area contributed by atoms with E-state index in [0.717, 1.165) is 13.0 Å². The van der Waals surface area contributed by atoms with E-state index in [1.54, 1.807) is 6.92 Å². The highest BCUT2D eigenvalue weighted by Gasteiger charge is 2.19. The Labute approximate surface area is 92.6 Å². The van der Waals surface area contributed by atoms with E-state index in [1.165, 1.54) is 7.11 Å². The maximum atomic E-state index is 11.5. The molecule has 0 aliphatic heterocycles. The number of sulfonamides is 1. The van der Waals surface area contributed by atoms with Crippen LogP contribution in [0.5, 0.6) is 0 Å². The lowest BCUT2D eigenvalue weighted by Crippen LogP contribution is -2.38. The van der Waals surface area contributed by atoms with Crippen molar-refractivity contribution in [2.24, 2.45) is 0 Å². The topological polar surface area (TPSA) is 67.4 Å². The Morgan fingerprint density at radius 2 is 1.93 bits per heavy atom. The first-order valence-electron chi connectivity index (χ1n) is 5.22. The third-order valence-corrected chi connectivity index (χ3v) is 3.76. The summed E-state index contributed by atoms with van der Waals surface area (Å²) in [5.41, 5.74) is 0. The van der Waals surface area contributed by atoms with E-state index in [2.05, 4.69) is 17.0 Å². The van der Waals surface area contributed by atoms with Crippen molar-refractivity contribution in [1.82, 2.24) is 10.0 Å². The van der Waals surface area contributed by atoms with Crippen LogP contribution in [0.4, 0.5) is 0 Å². The van der Waals surface area contributed by atoms with E-state index in [4.69, 9.17) is 4.74 Å². The number of ether oxygens (including phenoxy) is 1. The van der Waals surface area contributed by atoms with Gasteiger partial charge in [0.1, 0.15) is 0 Å². The van der Waals surface area contributed by atoms with E-state index in [9.17, 15) is 8.42 Å². The van der Waals surface area contributed by atoms with Gasteiger partial charge in [-0.15, -0.1) is 0 Å². The molecule has 0 spiro atoms. The average molecular weight is 238 g/mol. The fraction of sp³-hybridized carbons (Fsp3) is 1.00. The summed E-state index contributed by atoms with van der Waals surface area (Å²) in [5.74, 6) is 0. The van der Waals surface area contributed by atoms with E-state index in [-0.39, 0.29) is 6.61 Å². The largest absolute Gasteiger partial charge is 0.383 e. The second-order valence-corrected chi connectivity index (χ2v) is 5.64. The highest BCUT2D eigenvalue weighted by Crippen LogP contribution is 1.97. The predicted octanol–water partition coefficient (Wildman–Crippen LogP) is -0.0597. The van der Waals surface area contributed by atoms with Crippen molar-refractivity contribution in [2.75, 3.05) is 33.4 Å². The molecule has 0 aromatic carbocycles. The molecule has 0 saturated carbocycles.